The number of rotatable bonds is 13. The van der Waals surface area contributed by atoms with Crippen molar-refractivity contribution in [3.05, 3.63) is 267 Å². The molecule has 0 aliphatic carbocycles. The monoisotopic (exact) mass is 881 g/mol. The van der Waals surface area contributed by atoms with Crippen molar-refractivity contribution in [1.82, 2.24) is 0 Å². The molecule has 0 spiro atoms. The van der Waals surface area contributed by atoms with Crippen molar-refractivity contribution >= 4 is 75.5 Å². The number of nitrogens with zero attached hydrogens (tertiary/aromatic N) is 3. The quantitative estimate of drug-likeness (QED) is 0.107. The summed E-state index contributed by atoms with van der Waals surface area (Å²) in [4.78, 5) is 7.00. The number of aryl methyl sites for hydroxylation is 7. The third kappa shape index (κ3) is 10.1. The van der Waals surface area contributed by atoms with Crippen LogP contribution in [-0.4, -0.2) is 0 Å². The highest BCUT2D eigenvalue weighted by Gasteiger charge is 2.17. The second-order valence-electron chi connectivity index (χ2n) is 18.0. The average Bonchev–Trinajstić information content (AvgIpc) is 3.35. The fourth-order valence-corrected chi connectivity index (χ4v) is 8.73. The summed E-state index contributed by atoms with van der Waals surface area (Å²) in [6.07, 6.45) is 8.88. The molecule has 0 aromatic heterocycles. The van der Waals surface area contributed by atoms with Gasteiger partial charge in [0.15, 0.2) is 0 Å². The van der Waals surface area contributed by atoms with Crippen molar-refractivity contribution in [2.24, 2.45) is 0 Å². The minimum atomic E-state index is 1.12. The van der Waals surface area contributed by atoms with Gasteiger partial charge in [0.2, 0.25) is 0 Å². The smallest absolute Gasteiger partial charge is 0.0464 e. The Labute approximate surface area is 404 Å². The highest BCUT2D eigenvalue weighted by atomic mass is 15.2. The summed E-state index contributed by atoms with van der Waals surface area (Å²) in [7, 11) is 0. The Morgan fingerprint density at radius 3 is 0.882 bits per heavy atom. The van der Waals surface area contributed by atoms with Crippen LogP contribution >= 0.6 is 0 Å². The Morgan fingerprint density at radius 2 is 0.529 bits per heavy atom. The predicted molar refractivity (Wildman–Crippen MR) is 294 cm³/mol. The van der Waals surface area contributed by atoms with E-state index in [0.717, 1.165) is 62.3 Å². The molecule has 0 aliphatic rings. The van der Waals surface area contributed by atoms with E-state index < -0.39 is 0 Å². The molecular formula is C65H59N3. The van der Waals surface area contributed by atoms with E-state index in [-0.39, 0.29) is 0 Å². The second kappa shape index (κ2) is 20.2. The van der Waals surface area contributed by atoms with E-state index in [4.69, 9.17) is 0 Å². The molecule has 9 aromatic rings. The van der Waals surface area contributed by atoms with Gasteiger partial charge in [0, 0.05) is 51.2 Å². The first-order chi connectivity index (χ1) is 33.1. The summed E-state index contributed by atoms with van der Waals surface area (Å²) in [5, 5.41) is 0. The molecule has 0 atom stereocenters. The van der Waals surface area contributed by atoms with Crippen LogP contribution in [0.4, 0.5) is 51.2 Å². The van der Waals surface area contributed by atoms with E-state index in [1.807, 2.05) is 0 Å². The van der Waals surface area contributed by atoms with Gasteiger partial charge in [-0.15, -0.1) is 0 Å². The Kier molecular flexibility index (Phi) is 13.4. The standard InChI is InChI=1S/C65H59N3/c1-46-18-32-59(33-19-46)68(64-40-30-55(51(6)44-64)28-22-53-24-36-60(37-25-53)66(57-14-10-8-11-15-57)62-34-20-47(2)49(4)42-62)65-41-31-56(52(7)45-65)29-23-54-26-38-61(39-27-54)67(58-16-12-9-13-17-58)63-35-21-48(3)50(5)43-63/h8-45H,1-7H3/b28-22+,29-23+. The highest BCUT2D eigenvalue weighted by molar-refractivity contribution is 5.83. The molecule has 0 unspecified atom stereocenters. The van der Waals surface area contributed by atoms with Crippen LogP contribution < -0.4 is 14.7 Å². The van der Waals surface area contributed by atoms with Crippen LogP contribution in [0.15, 0.2) is 206 Å². The maximum absolute atomic E-state index is 2.36. The average molecular weight is 882 g/mol. The topological polar surface area (TPSA) is 9.72 Å². The molecule has 68 heavy (non-hydrogen) atoms. The zero-order valence-electron chi connectivity index (χ0n) is 40.3. The van der Waals surface area contributed by atoms with Crippen molar-refractivity contribution in [3.8, 4) is 0 Å². The molecule has 0 amide bonds. The van der Waals surface area contributed by atoms with Crippen LogP contribution in [-0.2, 0) is 0 Å². The first-order valence-electron chi connectivity index (χ1n) is 23.6. The molecule has 3 heteroatoms. The molecule has 0 fully saturated rings. The van der Waals surface area contributed by atoms with Gasteiger partial charge in [0.25, 0.3) is 0 Å². The number of hydrogen-bond donors (Lipinski definition) is 0. The molecule has 0 bridgehead atoms. The molecule has 0 saturated heterocycles. The largest absolute Gasteiger partial charge is 0.310 e. The third-order valence-electron chi connectivity index (χ3n) is 13.1. The van der Waals surface area contributed by atoms with Gasteiger partial charge in [-0.1, -0.05) is 127 Å². The SMILES string of the molecule is Cc1ccc(N(c2ccc(/C=C/c3ccc(N(c4ccccc4)c4ccc(C)c(C)c4)cc3)c(C)c2)c2ccc(/C=C/c3ccc(N(c4ccccc4)c4ccc(C)c(C)c4)cc3)c(C)c2)cc1. The van der Waals surface area contributed by atoms with E-state index in [1.54, 1.807) is 0 Å². The molecule has 0 aliphatic heterocycles. The van der Waals surface area contributed by atoms with Gasteiger partial charge in [0.1, 0.15) is 0 Å². The highest BCUT2D eigenvalue weighted by Crippen LogP contribution is 2.39. The lowest BCUT2D eigenvalue weighted by molar-refractivity contribution is 1.25. The Hall–Kier alpha value is -8.14. The van der Waals surface area contributed by atoms with Crippen LogP contribution in [0, 0.1) is 48.5 Å². The molecule has 334 valence electrons. The van der Waals surface area contributed by atoms with Crippen molar-refractivity contribution in [2.45, 2.75) is 48.5 Å². The van der Waals surface area contributed by atoms with Gasteiger partial charge in [-0.05, 0) is 213 Å². The molecular weight excluding hydrogens is 823 g/mol. The lowest BCUT2D eigenvalue weighted by atomic mass is 10.0. The van der Waals surface area contributed by atoms with Crippen LogP contribution in [0.2, 0.25) is 0 Å². The van der Waals surface area contributed by atoms with Gasteiger partial charge in [-0.2, -0.15) is 0 Å². The van der Waals surface area contributed by atoms with Gasteiger partial charge in [-0.3, -0.25) is 0 Å². The molecule has 0 N–H and O–H groups in total. The summed E-state index contributed by atoms with van der Waals surface area (Å²) < 4.78 is 0. The molecule has 9 rings (SSSR count). The molecule has 0 heterocycles. The summed E-state index contributed by atoms with van der Waals surface area (Å²) in [6, 6.07) is 74.6. The zero-order valence-corrected chi connectivity index (χ0v) is 40.3. The minimum absolute atomic E-state index is 1.12. The van der Waals surface area contributed by atoms with Crippen LogP contribution in [0.25, 0.3) is 24.3 Å². The summed E-state index contributed by atoms with van der Waals surface area (Å²) in [5.41, 5.74) is 23.6. The number of anilines is 9. The lowest BCUT2D eigenvalue weighted by Gasteiger charge is -2.27. The Morgan fingerprint density at radius 1 is 0.235 bits per heavy atom. The Bertz CT molecular complexity index is 3020. The van der Waals surface area contributed by atoms with Gasteiger partial charge in [-0.25, -0.2) is 0 Å². The second-order valence-corrected chi connectivity index (χ2v) is 18.0. The van der Waals surface area contributed by atoms with E-state index in [9.17, 15) is 0 Å². The first-order valence-corrected chi connectivity index (χ1v) is 23.6. The van der Waals surface area contributed by atoms with Crippen molar-refractivity contribution < 1.29 is 0 Å². The summed E-state index contributed by atoms with van der Waals surface area (Å²) >= 11 is 0. The summed E-state index contributed by atoms with van der Waals surface area (Å²) in [6.45, 7) is 15.2. The van der Waals surface area contributed by atoms with Crippen LogP contribution in [0.5, 0.6) is 0 Å². The van der Waals surface area contributed by atoms with Gasteiger partial charge < -0.3 is 14.7 Å². The minimum Gasteiger partial charge on any atom is -0.310 e. The lowest BCUT2D eigenvalue weighted by Crippen LogP contribution is -2.10. The van der Waals surface area contributed by atoms with Gasteiger partial charge >= 0.3 is 0 Å². The molecule has 3 nitrogen and oxygen atoms in total. The maximum Gasteiger partial charge on any atom is 0.0464 e. The molecule has 9 aromatic carbocycles. The van der Waals surface area contributed by atoms with Crippen molar-refractivity contribution in [3.63, 3.8) is 0 Å². The van der Waals surface area contributed by atoms with E-state index >= 15 is 0 Å². The molecule has 0 saturated carbocycles. The fraction of sp³-hybridized carbons (Fsp3) is 0.108. The Balaban J connectivity index is 0.941. The van der Waals surface area contributed by atoms with E-state index in [0.29, 0.717) is 0 Å². The predicted octanol–water partition coefficient (Wildman–Crippen LogP) is 18.6. The fourth-order valence-electron chi connectivity index (χ4n) is 8.73. The van der Waals surface area contributed by atoms with Gasteiger partial charge in [0.05, 0.1) is 0 Å². The van der Waals surface area contributed by atoms with E-state index in [1.165, 1.54) is 50.1 Å². The van der Waals surface area contributed by atoms with Crippen LogP contribution in [0.3, 0.4) is 0 Å². The number of para-hydroxylation sites is 2. The van der Waals surface area contributed by atoms with Crippen molar-refractivity contribution in [1.29, 1.82) is 0 Å². The normalized spacial score (nSPS) is 11.3. The molecule has 0 radical (unpaired) electrons. The van der Waals surface area contributed by atoms with E-state index in [2.05, 4.69) is 294 Å². The number of benzene rings is 9. The zero-order chi connectivity index (χ0) is 47.1. The van der Waals surface area contributed by atoms with Crippen molar-refractivity contribution in [2.75, 3.05) is 14.7 Å². The maximum atomic E-state index is 2.36. The third-order valence-corrected chi connectivity index (χ3v) is 13.1. The first kappa shape index (κ1) is 45.0. The van der Waals surface area contributed by atoms with Crippen LogP contribution in [0.1, 0.15) is 61.2 Å². The number of hydrogen-bond acceptors (Lipinski definition) is 3. The summed E-state index contributed by atoms with van der Waals surface area (Å²) in [5.74, 6) is 0.